The molecule has 3 aliphatic rings. The number of hydrogen-bond donors (Lipinski definition) is 0. The molecule has 3 aromatic heterocycles. The third kappa shape index (κ3) is 3.79. The largest absolute Gasteiger partial charge is 0.456 e. The Morgan fingerprint density at radius 1 is 0.509 bits per heavy atom. The van der Waals surface area contributed by atoms with E-state index in [-0.39, 0.29) is 6.71 Å². The van der Waals surface area contributed by atoms with Crippen molar-refractivity contribution in [2.24, 2.45) is 0 Å². The van der Waals surface area contributed by atoms with Gasteiger partial charge in [0.05, 0.1) is 33.8 Å². The number of aromatic nitrogens is 1. The maximum atomic E-state index is 6.56. The minimum Gasteiger partial charge on any atom is -0.456 e. The molecule has 0 radical (unpaired) electrons. The third-order valence-electron chi connectivity index (χ3n) is 12.7. The second-order valence-electron chi connectivity index (χ2n) is 15.7. The van der Waals surface area contributed by atoms with Gasteiger partial charge in [-0.25, -0.2) is 0 Å². The van der Waals surface area contributed by atoms with E-state index in [0.29, 0.717) is 0 Å². The van der Waals surface area contributed by atoms with Crippen LogP contribution in [0, 0.1) is 6.92 Å². The van der Waals surface area contributed by atoms with E-state index in [4.69, 9.17) is 4.42 Å². The minimum atomic E-state index is 0.0446. The monoisotopic (exact) mass is 743 g/mol. The lowest BCUT2D eigenvalue weighted by atomic mass is 9.36. The molecule has 0 saturated carbocycles. The fourth-order valence-electron chi connectivity index (χ4n) is 10.4. The summed E-state index contributed by atoms with van der Waals surface area (Å²) in [5, 5.41) is 6.11. The number of thiophene rings is 1. The Balaban J connectivity index is 1.12. The van der Waals surface area contributed by atoms with Crippen molar-refractivity contribution in [2.45, 2.75) is 6.92 Å². The van der Waals surface area contributed by atoms with Crippen LogP contribution >= 0.6 is 11.3 Å². The van der Waals surface area contributed by atoms with Gasteiger partial charge >= 0.3 is 0 Å². The standard InChI is InChI=1S/C51H30BN3OS/c1-29-25-42-47-43(26-29)55-40-18-9-15-36-33-13-5-7-17-39(33)54(48(36)40)41-19-10-16-38(50(41)55)52(47)51-49(37-27-31(21-24-46(37)57-51)30-11-3-2-4-12-30)53(42)32-22-23-35-34-14-6-8-20-44(34)56-45(35)28-32/h2-28H,1H3. The Bertz CT molecular complexity index is 3580. The van der Waals surface area contributed by atoms with Crippen LogP contribution in [-0.4, -0.2) is 11.3 Å². The molecule has 14 rings (SSSR count). The van der Waals surface area contributed by atoms with Gasteiger partial charge in [-0.15, -0.1) is 11.3 Å². The summed E-state index contributed by atoms with van der Waals surface area (Å²) in [4.78, 5) is 5.13. The first-order chi connectivity index (χ1) is 28.2. The van der Waals surface area contributed by atoms with Crippen molar-refractivity contribution in [3.05, 3.63) is 169 Å². The highest BCUT2D eigenvalue weighted by Crippen LogP contribution is 2.54. The van der Waals surface area contributed by atoms with Crippen molar-refractivity contribution in [1.29, 1.82) is 0 Å². The van der Waals surface area contributed by atoms with Gasteiger partial charge < -0.3 is 18.8 Å². The fourth-order valence-corrected chi connectivity index (χ4v) is 11.7. The first-order valence-corrected chi connectivity index (χ1v) is 20.4. The van der Waals surface area contributed by atoms with Crippen LogP contribution in [0.4, 0.5) is 34.1 Å². The Kier molecular flexibility index (Phi) is 5.64. The Morgan fingerprint density at radius 2 is 1.26 bits per heavy atom. The fraction of sp³-hybridized carbons (Fsp3) is 0.0196. The number of furan rings is 1. The van der Waals surface area contributed by atoms with E-state index in [2.05, 4.69) is 179 Å². The van der Waals surface area contributed by atoms with Crippen LogP contribution in [0.3, 0.4) is 0 Å². The Labute approximate surface area is 332 Å². The van der Waals surface area contributed by atoms with Crippen molar-refractivity contribution in [3.63, 3.8) is 0 Å². The normalized spacial score (nSPS) is 13.6. The van der Waals surface area contributed by atoms with Gasteiger partial charge in [-0.05, 0) is 95.2 Å². The average Bonchev–Trinajstić information content (AvgIpc) is 3.93. The van der Waals surface area contributed by atoms with E-state index in [1.165, 1.54) is 98.4 Å². The summed E-state index contributed by atoms with van der Waals surface area (Å²) in [7, 11) is 0. The predicted octanol–water partition coefficient (Wildman–Crippen LogP) is 12.3. The van der Waals surface area contributed by atoms with Crippen molar-refractivity contribution in [3.8, 4) is 16.8 Å². The molecule has 3 aliphatic heterocycles. The zero-order valence-corrected chi connectivity index (χ0v) is 31.6. The Morgan fingerprint density at radius 3 is 2.18 bits per heavy atom. The quantitative estimate of drug-likeness (QED) is 0.165. The van der Waals surface area contributed by atoms with E-state index >= 15 is 0 Å². The van der Waals surface area contributed by atoms with E-state index in [9.17, 15) is 0 Å². The van der Waals surface area contributed by atoms with E-state index in [0.717, 1.165) is 27.6 Å². The van der Waals surface area contributed by atoms with Crippen LogP contribution in [0.2, 0.25) is 0 Å². The average molecular weight is 744 g/mol. The smallest absolute Gasteiger partial charge is 0.264 e. The molecule has 0 spiro atoms. The molecule has 0 unspecified atom stereocenters. The van der Waals surface area contributed by atoms with Gasteiger partial charge in [-0.1, -0.05) is 97.1 Å². The number of aryl methyl sites for hydroxylation is 1. The van der Waals surface area contributed by atoms with Crippen LogP contribution < -0.4 is 25.5 Å². The highest BCUT2D eigenvalue weighted by molar-refractivity contribution is 7.33. The summed E-state index contributed by atoms with van der Waals surface area (Å²) >= 11 is 1.94. The van der Waals surface area contributed by atoms with Gasteiger partial charge in [0.1, 0.15) is 11.2 Å². The summed E-state index contributed by atoms with van der Waals surface area (Å²) in [6, 6.07) is 60.5. The molecular formula is C51H30BN3OS. The number of benzene rings is 8. The predicted molar refractivity (Wildman–Crippen MR) is 241 cm³/mol. The lowest BCUT2D eigenvalue weighted by molar-refractivity contribution is 0.669. The SMILES string of the molecule is Cc1cc2c3c(c1)N1c4c(cccc4-n4c5ccccc5c5cccc1c54)B3c1sc3ccc(-c4ccccc4)cc3c1N2c1ccc2c(c1)oc1ccccc12. The second-order valence-corrected chi connectivity index (χ2v) is 16.8. The summed E-state index contributed by atoms with van der Waals surface area (Å²) in [6.45, 7) is 2.30. The van der Waals surface area contributed by atoms with Crippen LogP contribution in [0.5, 0.6) is 0 Å². The first kappa shape index (κ1) is 30.2. The van der Waals surface area contributed by atoms with Crippen LogP contribution in [0.1, 0.15) is 5.56 Å². The molecule has 264 valence electrons. The highest BCUT2D eigenvalue weighted by atomic mass is 32.1. The zero-order chi connectivity index (χ0) is 37.1. The van der Waals surface area contributed by atoms with Gasteiger partial charge in [0, 0.05) is 59.5 Å². The second kappa shape index (κ2) is 10.6. The highest BCUT2D eigenvalue weighted by Gasteiger charge is 2.47. The topological polar surface area (TPSA) is 24.6 Å². The molecule has 6 heteroatoms. The summed E-state index contributed by atoms with van der Waals surface area (Å²) in [5.74, 6) is 0. The van der Waals surface area contributed by atoms with Crippen molar-refractivity contribution in [2.75, 3.05) is 9.80 Å². The van der Waals surface area contributed by atoms with E-state index < -0.39 is 0 Å². The van der Waals surface area contributed by atoms with Gasteiger partial charge in [-0.3, -0.25) is 0 Å². The molecule has 4 nitrogen and oxygen atoms in total. The van der Waals surface area contributed by atoms with Gasteiger partial charge in [0.25, 0.3) is 6.71 Å². The molecule has 0 bridgehead atoms. The zero-order valence-electron chi connectivity index (χ0n) is 30.8. The number of para-hydroxylation sites is 4. The van der Waals surface area contributed by atoms with Crippen LogP contribution in [-0.2, 0) is 0 Å². The molecule has 0 fully saturated rings. The molecule has 6 heterocycles. The molecule has 0 aliphatic carbocycles. The molecule has 8 aromatic carbocycles. The third-order valence-corrected chi connectivity index (χ3v) is 13.9. The number of hydrogen-bond acceptors (Lipinski definition) is 4. The van der Waals surface area contributed by atoms with Gasteiger partial charge in [0.2, 0.25) is 0 Å². The minimum absolute atomic E-state index is 0.0446. The molecule has 0 atom stereocenters. The van der Waals surface area contributed by atoms with E-state index in [1.807, 2.05) is 17.4 Å². The molecule has 0 saturated heterocycles. The molecule has 11 aromatic rings. The molecule has 0 amide bonds. The Hall–Kier alpha value is -7.02. The first-order valence-electron chi connectivity index (χ1n) is 19.6. The lowest BCUT2D eigenvalue weighted by Gasteiger charge is -2.45. The number of anilines is 6. The lowest BCUT2D eigenvalue weighted by Crippen LogP contribution is -2.61. The van der Waals surface area contributed by atoms with Crippen LogP contribution in [0.15, 0.2) is 168 Å². The summed E-state index contributed by atoms with van der Waals surface area (Å²) in [5.41, 5.74) is 19.2. The number of nitrogens with zero attached hydrogens (tertiary/aromatic N) is 3. The molecular weight excluding hydrogens is 713 g/mol. The summed E-state index contributed by atoms with van der Waals surface area (Å²) in [6.07, 6.45) is 0. The van der Waals surface area contributed by atoms with Crippen LogP contribution in [0.25, 0.3) is 70.6 Å². The van der Waals surface area contributed by atoms with Gasteiger partial charge in [0.15, 0.2) is 0 Å². The molecule has 0 N–H and O–H groups in total. The van der Waals surface area contributed by atoms with Crippen molar-refractivity contribution in [1.82, 2.24) is 4.57 Å². The number of fused-ring (bicyclic) bond motifs is 14. The van der Waals surface area contributed by atoms with Crippen molar-refractivity contribution >= 4 is 122 Å². The van der Waals surface area contributed by atoms with E-state index in [1.54, 1.807) is 0 Å². The van der Waals surface area contributed by atoms with Gasteiger partial charge in [-0.2, -0.15) is 0 Å². The maximum absolute atomic E-state index is 6.56. The summed E-state index contributed by atoms with van der Waals surface area (Å²) < 4.78 is 11.7. The maximum Gasteiger partial charge on any atom is 0.264 e. The van der Waals surface area contributed by atoms with Crippen molar-refractivity contribution < 1.29 is 4.42 Å². The molecule has 57 heavy (non-hydrogen) atoms. The number of rotatable bonds is 2.